The summed E-state index contributed by atoms with van der Waals surface area (Å²) in [6.45, 7) is 6.67. The van der Waals surface area contributed by atoms with Crippen molar-refractivity contribution in [1.82, 2.24) is 25.1 Å². The van der Waals surface area contributed by atoms with Crippen LogP contribution in [0.1, 0.15) is 31.0 Å². The largest absolute Gasteiger partial charge is 0.355 e. The van der Waals surface area contributed by atoms with Gasteiger partial charge in [-0.25, -0.2) is 4.98 Å². The molecule has 3 N–H and O–H groups in total. The Kier molecular flexibility index (Phi) is 5.95. The number of thioether (sulfide) groups is 1. The molecule has 2 aromatic heterocycles. The molecule has 8 heteroatoms. The first-order chi connectivity index (χ1) is 13.0. The number of hydrogen-bond acceptors (Lipinski definition) is 5. The summed E-state index contributed by atoms with van der Waals surface area (Å²) >= 11 is 1.32. The highest BCUT2D eigenvalue weighted by Gasteiger charge is 2.16. The molecule has 0 radical (unpaired) electrons. The third-order valence-corrected chi connectivity index (χ3v) is 5.20. The average Bonchev–Trinajstić information content (AvgIpc) is 3.02. The first-order valence-corrected chi connectivity index (χ1v) is 9.98. The van der Waals surface area contributed by atoms with Crippen molar-refractivity contribution < 1.29 is 4.79 Å². The van der Waals surface area contributed by atoms with Crippen LogP contribution >= 0.6 is 11.8 Å². The number of aryl methyl sites for hydroxylation is 2. The van der Waals surface area contributed by atoms with Crippen LogP contribution in [-0.4, -0.2) is 38.0 Å². The van der Waals surface area contributed by atoms with Gasteiger partial charge >= 0.3 is 0 Å². The molecule has 3 aromatic rings. The number of aromatic nitrogens is 4. The van der Waals surface area contributed by atoms with Crippen molar-refractivity contribution in [3.8, 4) is 5.69 Å². The quantitative estimate of drug-likeness (QED) is 0.331. The Labute approximate surface area is 162 Å². The zero-order chi connectivity index (χ0) is 19.4. The van der Waals surface area contributed by atoms with E-state index in [2.05, 4.69) is 27.4 Å². The predicted molar refractivity (Wildman–Crippen MR) is 107 cm³/mol. The van der Waals surface area contributed by atoms with Gasteiger partial charge in [0.05, 0.1) is 11.1 Å². The van der Waals surface area contributed by atoms with Gasteiger partial charge in [-0.1, -0.05) is 42.8 Å². The number of carbonyl (C=O) groups is 1. The zero-order valence-corrected chi connectivity index (χ0v) is 16.6. The van der Waals surface area contributed by atoms with Gasteiger partial charge in [-0.15, -0.1) is 0 Å². The molecule has 1 amide bonds. The van der Waals surface area contributed by atoms with E-state index in [-0.39, 0.29) is 11.7 Å². The third kappa shape index (κ3) is 4.21. The summed E-state index contributed by atoms with van der Waals surface area (Å²) in [5.74, 6) is 0.215. The van der Waals surface area contributed by atoms with Crippen LogP contribution in [-0.2, 0) is 4.79 Å². The van der Waals surface area contributed by atoms with E-state index < -0.39 is 0 Å². The smallest absolute Gasteiger partial charge is 0.230 e. The fraction of sp³-hybridized carbons (Fsp3) is 0.368. The summed E-state index contributed by atoms with van der Waals surface area (Å²) in [4.78, 5) is 16.7. The molecule has 0 bridgehead atoms. The van der Waals surface area contributed by atoms with Crippen LogP contribution in [0.2, 0.25) is 0 Å². The number of aromatic amines is 1. The van der Waals surface area contributed by atoms with Crippen molar-refractivity contribution in [1.29, 1.82) is 5.41 Å². The van der Waals surface area contributed by atoms with Crippen molar-refractivity contribution in [3.63, 3.8) is 0 Å². The van der Waals surface area contributed by atoms with E-state index in [1.165, 1.54) is 11.8 Å². The van der Waals surface area contributed by atoms with E-state index in [4.69, 9.17) is 5.41 Å². The maximum atomic E-state index is 12.1. The van der Waals surface area contributed by atoms with Gasteiger partial charge in [-0.3, -0.25) is 19.9 Å². The van der Waals surface area contributed by atoms with E-state index in [1.807, 2.05) is 38.1 Å². The van der Waals surface area contributed by atoms with Gasteiger partial charge in [0, 0.05) is 17.9 Å². The molecule has 0 atom stereocenters. The van der Waals surface area contributed by atoms with Crippen LogP contribution in [0.5, 0.6) is 0 Å². The van der Waals surface area contributed by atoms with Gasteiger partial charge in [0.25, 0.3) is 0 Å². The van der Waals surface area contributed by atoms with E-state index in [0.29, 0.717) is 28.2 Å². The normalized spacial score (nSPS) is 11.1. The van der Waals surface area contributed by atoms with Crippen molar-refractivity contribution in [2.45, 2.75) is 38.8 Å². The highest BCUT2D eigenvalue weighted by atomic mass is 32.2. The van der Waals surface area contributed by atoms with Crippen LogP contribution < -0.4 is 10.8 Å². The van der Waals surface area contributed by atoms with Gasteiger partial charge in [-0.2, -0.15) is 5.10 Å². The number of unbranched alkanes of at least 4 members (excludes halogenated alkanes) is 1. The lowest BCUT2D eigenvalue weighted by Crippen LogP contribution is -2.27. The molecular formula is C19H24N6OS. The summed E-state index contributed by atoms with van der Waals surface area (Å²) in [6, 6.07) is 7.92. The second-order valence-electron chi connectivity index (χ2n) is 6.45. The Bertz CT molecular complexity index is 1010. The monoisotopic (exact) mass is 384 g/mol. The molecule has 0 unspecified atom stereocenters. The lowest BCUT2D eigenvalue weighted by Gasteiger charge is -2.13. The first kappa shape index (κ1) is 19.2. The number of hydrogen-bond donors (Lipinski definition) is 3. The minimum Gasteiger partial charge on any atom is -0.355 e. The molecule has 0 fully saturated rings. The summed E-state index contributed by atoms with van der Waals surface area (Å²) in [5, 5.41) is 20.0. The van der Waals surface area contributed by atoms with Gasteiger partial charge < -0.3 is 5.32 Å². The Morgan fingerprint density at radius 3 is 2.74 bits per heavy atom. The number of nitrogens with zero attached hydrogens (tertiary/aromatic N) is 3. The number of benzene rings is 1. The molecule has 0 aliphatic heterocycles. The van der Waals surface area contributed by atoms with Crippen molar-refractivity contribution in [2.75, 3.05) is 12.3 Å². The molecule has 3 rings (SSSR count). The summed E-state index contributed by atoms with van der Waals surface area (Å²) in [5.41, 5.74) is 3.59. The fourth-order valence-corrected chi connectivity index (χ4v) is 3.58. The Morgan fingerprint density at radius 1 is 1.30 bits per heavy atom. The number of nitrogens with one attached hydrogen (secondary N) is 3. The number of fused-ring (bicyclic) bond motifs is 1. The maximum absolute atomic E-state index is 12.1. The molecule has 0 spiro atoms. The molecule has 27 heavy (non-hydrogen) atoms. The lowest BCUT2D eigenvalue weighted by atomic mass is 10.2. The van der Waals surface area contributed by atoms with Crippen LogP contribution in [0.3, 0.4) is 0 Å². The van der Waals surface area contributed by atoms with E-state index in [9.17, 15) is 4.79 Å². The maximum Gasteiger partial charge on any atom is 0.230 e. The van der Waals surface area contributed by atoms with Gasteiger partial charge in [0.15, 0.2) is 10.8 Å². The number of rotatable bonds is 7. The topological polar surface area (TPSA) is 99.5 Å². The van der Waals surface area contributed by atoms with Gasteiger partial charge in [0.2, 0.25) is 5.91 Å². The predicted octanol–water partition coefficient (Wildman–Crippen LogP) is 2.85. The highest BCUT2D eigenvalue weighted by Crippen LogP contribution is 2.21. The van der Waals surface area contributed by atoms with Gasteiger partial charge in [-0.05, 0) is 32.4 Å². The number of H-pyrrole nitrogens is 1. The second kappa shape index (κ2) is 8.39. The van der Waals surface area contributed by atoms with Crippen LogP contribution in [0.25, 0.3) is 16.7 Å². The Hall–Kier alpha value is -2.61. The number of carbonyl (C=O) groups excluding carboxylic acids is 1. The van der Waals surface area contributed by atoms with E-state index in [0.717, 1.165) is 29.8 Å². The van der Waals surface area contributed by atoms with Gasteiger partial charge in [0.1, 0.15) is 5.49 Å². The van der Waals surface area contributed by atoms with E-state index >= 15 is 0 Å². The second-order valence-corrected chi connectivity index (χ2v) is 7.40. The van der Waals surface area contributed by atoms with Crippen LogP contribution in [0, 0.1) is 19.3 Å². The average molecular weight is 385 g/mol. The molecule has 7 nitrogen and oxygen atoms in total. The van der Waals surface area contributed by atoms with Crippen molar-refractivity contribution in [3.05, 3.63) is 41.0 Å². The Balaban J connectivity index is 1.97. The molecule has 0 saturated heterocycles. The molecule has 1 aromatic carbocycles. The summed E-state index contributed by atoms with van der Waals surface area (Å²) < 4.78 is 1.77. The molecule has 142 valence electrons. The highest BCUT2D eigenvalue weighted by molar-refractivity contribution is 7.99. The van der Waals surface area contributed by atoms with E-state index in [1.54, 1.807) is 4.57 Å². The van der Waals surface area contributed by atoms with Crippen LogP contribution in [0.4, 0.5) is 0 Å². The molecule has 2 heterocycles. The zero-order valence-electron chi connectivity index (χ0n) is 15.8. The minimum absolute atomic E-state index is 0.0319. The standard InChI is InChI=1S/C19H24N6OS/c1-4-5-10-21-15(26)11-27-19-22-18-16(13(3)23-24-18)17(20)25(19)14-8-6-12(2)7-9-14/h6-9,20H,4-5,10-11H2,1-3H3,(H,21,26)(H,23,24). The third-order valence-electron chi connectivity index (χ3n) is 4.26. The van der Waals surface area contributed by atoms with Crippen LogP contribution in [0.15, 0.2) is 29.4 Å². The number of amides is 1. The van der Waals surface area contributed by atoms with Crippen molar-refractivity contribution >= 4 is 28.7 Å². The molecule has 0 saturated carbocycles. The summed E-state index contributed by atoms with van der Waals surface area (Å²) in [6.07, 6.45) is 2.01. The molecule has 0 aliphatic carbocycles. The fourth-order valence-electron chi connectivity index (χ4n) is 2.74. The SMILES string of the molecule is CCCCNC(=O)CSc1nc2n[nH]c(C)c2c(=N)n1-c1ccc(C)cc1. The summed E-state index contributed by atoms with van der Waals surface area (Å²) in [7, 11) is 0. The Morgan fingerprint density at radius 2 is 2.04 bits per heavy atom. The molecule has 0 aliphatic rings. The minimum atomic E-state index is -0.0319. The van der Waals surface area contributed by atoms with Crippen molar-refractivity contribution in [2.24, 2.45) is 0 Å². The molecular weight excluding hydrogens is 360 g/mol. The first-order valence-electron chi connectivity index (χ1n) is 9.00. The lowest BCUT2D eigenvalue weighted by molar-refractivity contribution is -0.118.